The zero-order chi connectivity index (χ0) is 44.8. The second kappa shape index (κ2) is 39.5. The van der Waals surface area contributed by atoms with E-state index in [0.717, 1.165) is 51.4 Å². The van der Waals surface area contributed by atoms with Crippen LogP contribution in [0.15, 0.2) is 0 Å². The Morgan fingerprint density at radius 1 is 0.590 bits per heavy atom. The monoisotopic (exact) mass is 894 g/mol. The fourth-order valence-corrected chi connectivity index (χ4v) is 8.97. The molecule has 7 atom stereocenters. The van der Waals surface area contributed by atoms with Crippen molar-refractivity contribution in [1.29, 1.82) is 0 Å². The Morgan fingerprint density at radius 3 is 1.31 bits per heavy atom. The topological polar surface area (TPSA) is 192 Å². The minimum absolute atomic E-state index is 0.225. The molecular formula is C48H95NO11S. The summed E-state index contributed by atoms with van der Waals surface area (Å²) >= 11 is 0. The van der Waals surface area contributed by atoms with E-state index < -0.39 is 59.9 Å². The summed E-state index contributed by atoms with van der Waals surface area (Å²) in [4.78, 5) is 13.1. The van der Waals surface area contributed by atoms with E-state index in [1.165, 1.54) is 167 Å². The number of rotatable bonds is 44. The van der Waals surface area contributed by atoms with Crippen molar-refractivity contribution in [3.63, 3.8) is 0 Å². The molecule has 1 amide bonds. The summed E-state index contributed by atoms with van der Waals surface area (Å²) in [5.41, 5.74) is 0. The zero-order valence-corrected chi connectivity index (χ0v) is 39.8. The number of aliphatic hydroxyl groups excluding tert-OH is 4. The van der Waals surface area contributed by atoms with E-state index in [0.29, 0.717) is 12.8 Å². The smallest absolute Gasteiger partial charge is 0.394 e. The quantitative estimate of drug-likeness (QED) is 0.0252. The predicted molar refractivity (Wildman–Crippen MR) is 246 cm³/mol. The lowest BCUT2D eigenvalue weighted by molar-refractivity contribution is -0.298. The lowest BCUT2D eigenvalue weighted by Gasteiger charge is -2.41. The van der Waals surface area contributed by atoms with Gasteiger partial charge in [0.1, 0.15) is 24.4 Å². The maximum absolute atomic E-state index is 13.1. The van der Waals surface area contributed by atoms with Crippen molar-refractivity contribution >= 4 is 16.3 Å². The largest absolute Gasteiger partial charge is 0.397 e. The van der Waals surface area contributed by atoms with Crippen molar-refractivity contribution in [2.75, 3.05) is 13.2 Å². The van der Waals surface area contributed by atoms with E-state index in [1.54, 1.807) is 0 Å². The molecule has 0 radical (unpaired) electrons. The molecular weight excluding hydrogens is 799 g/mol. The van der Waals surface area contributed by atoms with Gasteiger partial charge in [-0.15, -0.1) is 0 Å². The number of unbranched alkanes of at least 4 members (excludes halogenated alkanes) is 32. The van der Waals surface area contributed by atoms with E-state index in [-0.39, 0.29) is 12.5 Å². The molecule has 1 heterocycles. The van der Waals surface area contributed by atoms with Crippen molar-refractivity contribution < 1.29 is 51.8 Å². The first kappa shape index (κ1) is 58.1. The Kier molecular flexibility index (Phi) is 37.6. The molecule has 1 fully saturated rings. The number of ether oxygens (including phenoxy) is 2. The van der Waals surface area contributed by atoms with E-state index >= 15 is 0 Å². The Hall–Kier alpha value is -0.900. The standard InChI is InChI=1S/C48H95NO11S/c1-3-5-7-9-11-13-15-17-18-19-20-21-22-23-24-26-28-30-32-34-36-38-44(52)49-41(42(51)37-35-33-31-29-27-25-16-14-12-10-8-6-4-2)40-58-48-46(54)47(60-61(55,56)57)45(53)43(39-50)59-48/h41-43,45-48,50-51,53-54H,3-40H2,1-2H3,(H,49,52)(H,55,56,57)/t41-,42+,43+,45-,46+,47-,48+/m0/s1. The number of nitrogens with one attached hydrogen (secondary N) is 1. The van der Waals surface area contributed by atoms with Crippen LogP contribution in [0.5, 0.6) is 0 Å². The Bertz CT molecular complexity index is 1100. The zero-order valence-electron chi connectivity index (χ0n) is 39.0. The SMILES string of the molecule is CCCCCCCCCCCCCCCCCCCCCCCC(=O)N[C@@H](CO[C@@H]1O[C@H](CO)[C@H](O)[C@H](OS(=O)(=O)O)[C@H]1O)[C@H](O)CCCCCCCCCCCCCCC. The van der Waals surface area contributed by atoms with Gasteiger partial charge in [-0.05, 0) is 12.8 Å². The molecule has 0 bridgehead atoms. The van der Waals surface area contributed by atoms with Crippen LogP contribution in [0.1, 0.15) is 245 Å². The summed E-state index contributed by atoms with van der Waals surface area (Å²) in [6.07, 6.45) is 33.9. The second-order valence-electron chi connectivity index (χ2n) is 18.1. The molecule has 61 heavy (non-hydrogen) atoms. The first-order valence-electron chi connectivity index (χ1n) is 25.4. The van der Waals surface area contributed by atoms with Crippen LogP contribution in [0.25, 0.3) is 0 Å². The molecule has 1 rings (SSSR count). The van der Waals surface area contributed by atoms with Gasteiger partial charge in [0.25, 0.3) is 0 Å². The van der Waals surface area contributed by atoms with Crippen LogP contribution >= 0.6 is 0 Å². The first-order valence-corrected chi connectivity index (χ1v) is 26.8. The third-order valence-electron chi connectivity index (χ3n) is 12.4. The van der Waals surface area contributed by atoms with Gasteiger partial charge in [0.05, 0.1) is 25.4 Å². The highest BCUT2D eigenvalue weighted by Gasteiger charge is 2.48. The molecule has 0 aromatic heterocycles. The van der Waals surface area contributed by atoms with Gasteiger partial charge in [-0.3, -0.25) is 9.35 Å². The summed E-state index contributed by atoms with van der Waals surface area (Å²) in [6, 6.07) is -0.851. The Labute approximate surface area is 373 Å². The van der Waals surface area contributed by atoms with Gasteiger partial charge in [-0.1, -0.05) is 226 Å². The van der Waals surface area contributed by atoms with Crippen LogP contribution in [-0.2, 0) is 28.9 Å². The predicted octanol–water partition coefficient (Wildman–Crippen LogP) is 10.6. The first-order chi connectivity index (χ1) is 29.5. The third kappa shape index (κ3) is 32.4. The average molecular weight is 894 g/mol. The minimum atomic E-state index is -5.07. The van der Waals surface area contributed by atoms with Gasteiger partial charge in [0.2, 0.25) is 5.91 Å². The number of hydrogen-bond acceptors (Lipinski definition) is 10. The molecule has 1 aliphatic heterocycles. The van der Waals surface area contributed by atoms with Crippen LogP contribution in [-0.4, -0.2) is 95.4 Å². The Morgan fingerprint density at radius 2 is 0.951 bits per heavy atom. The summed E-state index contributed by atoms with van der Waals surface area (Å²) in [5.74, 6) is -0.225. The van der Waals surface area contributed by atoms with Crippen LogP contribution in [0.2, 0.25) is 0 Å². The molecule has 0 spiro atoms. The molecule has 6 N–H and O–H groups in total. The van der Waals surface area contributed by atoms with Gasteiger partial charge in [-0.2, -0.15) is 8.42 Å². The van der Waals surface area contributed by atoms with Crippen LogP contribution in [0.3, 0.4) is 0 Å². The third-order valence-corrected chi connectivity index (χ3v) is 12.9. The molecule has 1 saturated heterocycles. The summed E-state index contributed by atoms with van der Waals surface area (Å²) in [5, 5.41) is 44.9. The molecule has 0 aromatic carbocycles. The van der Waals surface area contributed by atoms with Crippen molar-refractivity contribution in [3.05, 3.63) is 0 Å². The van der Waals surface area contributed by atoms with Gasteiger partial charge in [0, 0.05) is 6.42 Å². The van der Waals surface area contributed by atoms with E-state index in [9.17, 15) is 38.2 Å². The molecule has 1 aliphatic rings. The van der Waals surface area contributed by atoms with Gasteiger partial charge in [0.15, 0.2) is 6.29 Å². The minimum Gasteiger partial charge on any atom is -0.394 e. The second-order valence-corrected chi connectivity index (χ2v) is 19.2. The van der Waals surface area contributed by atoms with Crippen molar-refractivity contribution in [1.82, 2.24) is 5.32 Å². The summed E-state index contributed by atoms with van der Waals surface area (Å²) in [6.45, 7) is 3.47. The van der Waals surface area contributed by atoms with Crippen molar-refractivity contribution in [2.45, 2.75) is 288 Å². The Balaban J connectivity index is 2.39. The number of amides is 1. The van der Waals surface area contributed by atoms with E-state index in [4.69, 9.17) is 9.47 Å². The van der Waals surface area contributed by atoms with Crippen molar-refractivity contribution in [3.8, 4) is 0 Å². The molecule has 12 nitrogen and oxygen atoms in total. The number of hydrogen-bond donors (Lipinski definition) is 6. The highest BCUT2D eigenvalue weighted by Crippen LogP contribution is 2.26. The van der Waals surface area contributed by atoms with E-state index in [2.05, 4.69) is 23.3 Å². The van der Waals surface area contributed by atoms with Crippen LogP contribution in [0, 0.1) is 0 Å². The fraction of sp³-hybridized carbons (Fsp3) is 0.979. The van der Waals surface area contributed by atoms with Gasteiger partial charge >= 0.3 is 10.4 Å². The number of carbonyl (C=O) groups excluding carboxylic acids is 1. The maximum Gasteiger partial charge on any atom is 0.397 e. The number of carbonyl (C=O) groups is 1. The lowest BCUT2D eigenvalue weighted by atomic mass is 9.99. The van der Waals surface area contributed by atoms with Gasteiger partial charge < -0.3 is 35.2 Å². The number of aliphatic hydroxyl groups is 4. The highest BCUT2D eigenvalue weighted by molar-refractivity contribution is 7.80. The lowest BCUT2D eigenvalue weighted by Crippen LogP contribution is -2.61. The maximum atomic E-state index is 13.1. The summed E-state index contributed by atoms with van der Waals surface area (Å²) < 4.78 is 47.7. The summed E-state index contributed by atoms with van der Waals surface area (Å²) in [7, 11) is -5.07. The molecule has 0 aromatic rings. The highest BCUT2D eigenvalue weighted by atomic mass is 32.3. The van der Waals surface area contributed by atoms with Crippen LogP contribution < -0.4 is 5.32 Å². The molecule has 364 valence electrons. The van der Waals surface area contributed by atoms with E-state index in [1.807, 2.05) is 0 Å². The normalized spacial score (nSPS) is 20.5. The van der Waals surface area contributed by atoms with Gasteiger partial charge in [-0.25, -0.2) is 4.18 Å². The molecule has 0 aliphatic carbocycles. The van der Waals surface area contributed by atoms with Crippen LogP contribution in [0.4, 0.5) is 0 Å². The van der Waals surface area contributed by atoms with Crippen molar-refractivity contribution in [2.24, 2.45) is 0 Å². The average Bonchev–Trinajstić information content (AvgIpc) is 3.23. The molecule has 13 heteroatoms. The fourth-order valence-electron chi connectivity index (χ4n) is 8.46. The molecule has 0 saturated carbocycles. The molecule has 0 unspecified atom stereocenters.